The van der Waals surface area contributed by atoms with E-state index in [1.807, 2.05) is 37.3 Å². The van der Waals surface area contributed by atoms with E-state index in [9.17, 15) is 4.79 Å². The largest absolute Gasteiger partial charge is 0.451 e. The van der Waals surface area contributed by atoms with E-state index in [1.54, 1.807) is 0 Å². The lowest BCUT2D eigenvalue weighted by Crippen LogP contribution is -3.10. The smallest absolute Gasteiger partial charge is 0.287 e. The summed E-state index contributed by atoms with van der Waals surface area (Å²) >= 11 is 0. The Hall–Kier alpha value is -2.59. The van der Waals surface area contributed by atoms with Crippen molar-refractivity contribution in [2.75, 3.05) is 13.1 Å². The van der Waals surface area contributed by atoms with E-state index in [2.05, 4.69) is 37.4 Å². The normalized spacial score (nSPS) is 11.2. The Morgan fingerprint density at radius 1 is 1.00 bits per heavy atom. The number of fused-ring (bicyclic) bond motifs is 1. The summed E-state index contributed by atoms with van der Waals surface area (Å²) in [5.41, 5.74) is 4.08. The Kier molecular flexibility index (Phi) is 5.74. The number of hydrogen-bond acceptors (Lipinski definition) is 2. The van der Waals surface area contributed by atoms with Gasteiger partial charge in [0.15, 0.2) is 5.76 Å². The molecule has 0 aliphatic rings. The summed E-state index contributed by atoms with van der Waals surface area (Å²) in [5.74, 6) is 0.238. The molecule has 1 aromatic heterocycles. The molecule has 0 aliphatic heterocycles. The highest BCUT2D eigenvalue weighted by Crippen LogP contribution is 2.24. The standard InChI is InChI=1S/C22H26N2O2/c1-4-24(5-2)15-18-11-7-6-10-17(18)14-23-22(25)21-16(3)19-12-8-9-13-20(19)26-21/h6-13H,4-5,14-15H2,1-3H3,(H,23,25)/p+1. The van der Waals surface area contributed by atoms with Crippen LogP contribution in [0.15, 0.2) is 52.9 Å². The van der Waals surface area contributed by atoms with Crippen molar-refractivity contribution >= 4 is 16.9 Å². The second-order valence-corrected chi connectivity index (χ2v) is 6.64. The van der Waals surface area contributed by atoms with E-state index in [4.69, 9.17) is 4.42 Å². The first-order chi connectivity index (χ1) is 12.6. The van der Waals surface area contributed by atoms with Gasteiger partial charge in [0, 0.05) is 23.1 Å². The van der Waals surface area contributed by atoms with Crippen molar-refractivity contribution in [2.45, 2.75) is 33.9 Å². The lowest BCUT2D eigenvalue weighted by atomic mass is 10.1. The molecular weight excluding hydrogens is 324 g/mol. The number of para-hydroxylation sites is 1. The fourth-order valence-electron chi connectivity index (χ4n) is 3.32. The van der Waals surface area contributed by atoms with Gasteiger partial charge < -0.3 is 14.6 Å². The van der Waals surface area contributed by atoms with Gasteiger partial charge in [-0.15, -0.1) is 0 Å². The maximum absolute atomic E-state index is 12.6. The number of rotatable bonds is 7. The number of amides is 1. The maximum Gasteiger partial charge on any atom is 0.287 e. The van der Waals surface area contributed by atoms with Crippen LogP contribution >= 0.6 is 0 Å². The van der Waals surface area contributed by atoms with Crippen molar-refractivity contribution in [3.63, 3.8) is 0 Å². The molecule has 0 bridgehead atoms. The molecule has 1 amide bonds. The zero-order chi connectivity index (χ0) is 18.5. The number of carbonyl (C=O) groups excluding carboxylic acids is 1. The number of quaternary nitrogens is 1. The molecule has 4 nitrogen and oxygen atoms in total. The highest BCUT2D eigenvalue weighted by Gasteiger charge is 2.17. The molecule has 136 valence electrons. The van der Waals surface area contributed by atoms with Crippen LogP contribution in [-0.4, -0.2) is 19.0 Å². The van der Waals surface area contributed by atoms with Crippen LogP contribution in [0.2, 0.25) is 0 Å². The van der Waals surface area contributed by atoms with Crippen LogP contribution in [0.5, 0.6) is 0 Å². The van der Waals surface area contributed by atoms with E-state index in [-0.39, 0.29) is 5.91 Å². The van der Waals surface area contributed by atoms with Crippen LogP contribution in [0.3, 0.4) is 0 Å². The summed E-state index contributed by atoms with van der Waals surface area (Å²) in [4.78, 5) is 14.2. The molecule has 0 aliphatic carbocycles. The van der Waals surface area contributed by atoms with E-state index in [1.165, 1.54) is 10.5 Å². The van der Waals surface area contributed by atoms with Crippen LogP contribution in [0.4, 0.5) is 0 Å². The predicted molar refractivity (Wildman–Crippen MR) is 104 cm³/mol. The fraction of sp³-hybridized carbons (Fsp3) is 0.318. The Morgan fingerprint density at radius 3 is 2.35 bits per heavy atom. The highest BCUT2D eigenvalue weighted by atomic mass is 16.3. The third-order valence-corrected chi connectivity index (χ3v) is 5.05. The topological polar surface area (TPSA) is 46.7 Å². The summed E-state index contributed by atoms with van der Waals surface area (Å²) in [5, 5.41) is 4.01. The van der Waals surface area contributed by atoms with E-state index >= 15 is 0 Å². The molecule has 0 atom stereocenters. The molecule has 0 saturated carbocycles. The molecule has 1 heterocycles. The molecule has 0 radical (unpaired) electrons. The number of aryl methyl sites for hydroxylation is 1. The summed E-state index contributed by atoms with van der Waals surface area (Å²) in [6.45, 7) is 10.00. The first-order valence-electron chi connectivity index (χ1n) is 9.30. The summed E-state index contributed by atoms with van der Waals surface area (Å²) in [6, 6.07) is 16.1. The molecule has 2 N–H and O–H groups in total. The Bertz CT molecular complexity index is 894. The van der Waals surface area contributed by atoms with E-state index in [0.29, 0.717) is 12.3 Å². The second kappa shape index (κ2) is 8.19. The monoisotopic (exact) mass is 351 g/mol. The Balaban J connectivity index is 1.74. The first-order valence-corrected chi connectivity index (χ1v) is 9.30. The van der Waals surface area contributed by atoms with Crippen molar-refractivity contribution in [3.8, 4) is 0 Å². The van der Waals surface area contributed by atoms with Crippen molar-refractivity contribution in [1.82, 2.24) is 5.32 Å². The number of hydrogen-bond donors (Lipinski definition) is 2. The third-order valence-electron chi connectivity index (χ3n) is 5.05. The molecule has 0 spiro atoms. The van der Waals surface area contributed by atoms with Gasteiger partial charge in [-0.3, -0.25) is 4.79 Å². The lowest BCUT2D eigenvalue weighted by Gasteiger charge is -2.17. The number of nitrogens with one attached hydrogen (secondary N) is 2. The molecule has 0 unspecified atom stereocenters. The number of furan rings is 1. The second-order valence-electron chi connectivity index (χ2n) is 6.64. The van der Waals surface area contributed by atoms with Crippen LogP contribution in [0, 0.1) is 6.92 Å². The molecule has 0 fully saturated rings. The Labute approximate surface area is 154 Å². The fourth-order valence-corrected chi connectivity index (χ4v) is 3.32. The molecule has 26 heavy (non-hydrogen) atoms. The van der Waals surface area contributed by atoms with Gasteiger partial charge in [-0.05, 0) is 32.4 Å². The van der Waals surface area contributed by atoms with Crippen molar-refractivity contribution < 1.29 is 14.1 Å². The third kappa shape index (κ3) is 3.81. The minimum atomic E-state index is -0.163. The summed E-state index contributed by atoms with van der Waals surface area (Å²) in [7, 11) is 0. The zero-order valence-electron chi connectivity index (χ0n) is 15.8. The molecule has 3 aromatic rings. The average molecular weight is 351 g/mol. The van der Waals surface area contributed by atoms with Gasteiger partial charge in [0.25, 0.3) is 5.91 Å². The van der Waals surface area contributed by atoms with Gasteiger partial charge in [-0.25, -0.2) is 0 Å². The van der Waals surface area contributed by atoms with Gasteiger partial charge in [0.05, 0.1) is 13.1 Å². The van der Waals surface area contributed by atoms with Crippen molar-refractivity contribution in [1.29, 1.82) is 0 Å². The van der Waals surface area contributed by atoms with Crippen LogP contribution in [0.1, 0.15) is 41.1 Å². The molecule has 0 saturated heterocycles. The SMILES string of the molecule is CC[NH+](CC)Cc1ccccc1CNC(=O)c1oc2ccccc2c1C. The lowest BCUT2D eigenvalue weighted by molar-refractivity contribution is -0.910. The Morgan fingerprint density at radius 2 is 1.65 bits per heavy atom. The van der Waals surface area contributed by atoms with Crippen LogP contribution < -0.4 is 10.2 Å². The number of carbonyl (C=O) groups is 1. The van der Waals surface area contributed by atoms with Gasteiger partial charge >= 0.3 is 0 Å². The molecule has 3 rings (SSSR count). The van der Waals surface area contributed by atoms with Gasteiger partial charge in [-0.2, -0.15) is 0 Å². The quantitative estimate of drug-likeness (QED) is 0.687. The minimum Gasteiger partial charge on any atom is -0.451 e. The molecule has 4 heteroatoms. The molecular formula is C22H27N2O2+. The number of benzene rings is 2. The van der Waals surface area contributed by atoms with Crippen LogP contribution in [0.25, 0.3) is 11.0 Å². The zero-order valence-corrected chi connectivity index (χ0v) is 15.8. The van der Waals surface area contributed by atoms with E-state index in [0.717, 1.165) is 41.7 Å². The van der Waals surface area contributed by atoms with Gasteiger partial charge in [0.2, 0.25) is 0 Å². The van der Waals surface area contributed by atoms with Crippen molar-refractivity contribution in [2.24, 2.45) is 0 Å². The van der Waals surface area contributed by atoms with E-state index < -0.39 is 0 Å². The average Bonchev–Trinajstić information content (AvgIpc) is 3.02. The van der Waals surface area contributed by atoms with Crippen molar-refractivity contribution in [3.05, 3.63) is 71.0 Å². The van der Waals surface area contributed by atoms with Gasteiger partial charge in [0.1, 0.15) is 12.1 Å². The van der Waals surface area contributed by atoms with Crippen LogP contribution in [-0.2, 0) is 13.1 Å². The summed E-state index contributed by atoms with van der Waals surface area (Å²) < 4.78 is 5.76. The predicted octanol–water partition coefficient (Wildman–Crippen LogP) is 3.10. The minimum absolute atomic E-state index is 0.163. The first kappa shape index (κ1) is 18.2. The molecule has 2 aromatic carbocycles. The summed E-state index contributed by atoms with van der Waals surface area (Å²) in [6.07, 6.45) is 0. The highest BCUT2D eigenvalue weighted by molar-refractivity contribution is 5.98. The van der Waals surface area contributed by atoms with Gasteiger partial charge in [-0.1, -0.05) is 42.5 Å². The maximum atomic E-state index is 12.6.